The molecule has 6 aliphatic rings. The van der Waals surface area contributed by atoms with E-state index in [2.05, 4.69) is 4.90 Å². The molecule has 1 spiro atoms. The molecule has 13 nitrogen and oxygen atoms in total. The summed E-state index contributed by atoms with van der Waals surface area (Å²) in [5.74, 6) is -2.91. The summed E-state index contributed by atoms with van der Waals surface area (Å²) in [5, 5.41) is 48.0. The van der Waals surface area contributed by atoms with Gasteiger partial charge < -0.3 is 29.5 Å². The number of carbonyl (C=O) groups excluding carboxylic acids is 1. The third-order valence-electron chi connectivity index (χ3n) is 14.5. The number of esters is 1. The molecule has 14 heteroatoms. The molecule has 1 heterocycles. The zero-order valence-electron chi connectivity index (χ0n) is 29.7. The molecule has 0 amide bonds. The van der Waals surface area contributed by atoms with Gasteiger partial charge in [0.15, 0.2) is 9.84 Å². The van der Waals surface area contributed by atoms with Crippen LogP contribution in [0.5, 0.6) is 0 Å². The summed E-state index contributed by atoms with van der Waals surface area (Å²) >= 11 is 0. The number of nitro benzene ring substituents is 1. The predicted molar refractivity (Wildman–Crippen MR) is 187 cm³/mol. The molecule has 12 atom stereocenters. The number of aliphatic hydroxyl groups is 3. The fraction of sp³-hybridized carbons (Fsp3) is 0.658. The van der Waals surface area contributed by atoms with Gasteiger partial charge in [-0.1, -0.05) is 37.3 Å². The number of likely N-dealkylation sites (N-methyl/N-ethyl adjacent to an activating group) is 1. The van der Waals surface area contributed by atoms with Crippen molar-refractivity contribution >= 4 is 21.5 Å². The van der Waals surface area contributed by atoms with Crippen molar-refractivity contribution in [3.63, 3.8) is 0 Å². The highest BCUT2D eigenvalue weighted by Crippen LogP contribution is 2.80. The highest BCUT2D eigenvalue weighted by molar-refractivity contribution is 7.89. The third kappa shape index (κ3) is 4.67. The molecule has 3 unspecified atom stereocenters. The fourth-order valence-corrected chi connectivity index (χ4v) is 14.4. The quantitative estimate of drug-likeness (QED) is 0.174. The van der Waals surface area contributed by atoms with E-state index in [1.165, 1.54) is 24.3 Å². The van der Waals surface area contributed by atoms with E-state index < -0.39 is 66.6 Å². The molecular formula is C38H48N2O11S. The maximum absolute atomic E-state index is 14.5. The number of carbonyl (C=O) groups is 1. The van der Waals surface area contributed by atoms with E-state index in [9.17, 15) is 38.6 Å². The van der Waals surface area contributed by atoms with Gasteiger partial charge in [0.25, 0.3) is 5.69 Å². The summed E-state index contributed by atoms with van der Waals surface area (Å²) in [6.07, 6.45) is 1.37. The van der Waals surface area contributed by atoms with Gasteiger partial charge in [-0.25, -0.2) is 13.2 Å². The summed E-state index contributed by atoms with van der Waals surface area (Å²) in [7, 11) is -0.594. The Balaban J connectivity index is 1.15. The molecule has 5 saturated carbocycles. The molecule has 2 aromatic rings. The number of nitrogens with zero attached hydrogens (tertiary/aromatic N) is 2. The van der Waals surface area contributed by atoms with Gasteiger partial charge in [-0.15, -0.1) is 0 Å². The molecule has 3 N–H and O–H groups in total. The molecule has 7 bridgehead atoms. The first-order chi connectivity index (χ1) is 24.7. The van der Waals surface area contributed by atoms with Crippen molar-refractivity contribution in [2.24, 2.45) is 35.0 Å². The maximum Gasteiger partial charge on any atom is 0.339 e. The summed E-state index contributed by atoms with van der Waals surface area (Å²) in [6, 6.07) is 11.7. The minimum atomic E-state index is -3.81. The van der Waals surface area contributed by atoms with Crippen LogP contribution in [0, 0.1) is 45.1 Å². The van der Waals surface area contributed by atoms with E-state index in [1.807, 2.05) is 6.92 Å². The normalized spacial score (nSPS) is 41.5. The summed E-state index contributed by atoms with van der Waals surface area (Å²) in [5.41, 5.74) is -4.11. The average molecular weight is 741 g/mol. The lowest BCUT2D eigenvalue weighted by atomic mass is 9.42. The zero-order chi connectivity index (χ0) is 37.0. The summed E-state index contributed by atoms with van der Waals surface area (Å²) < 4.78 is 45.6. The van der Waals surface area contributed by atoms with Crippen LogP contribution in [0.1, 0.15) is 60.5 Å². The maximum atomic E-state index is 14.5. The first kappa shape index (κ1) is 36.0. The zero-order valence-corrected chi connectivity index (χ0v) is 30.5. The van der Waals surface area contributed by atoms with Crippen molar-refractivity contribution in [3.8, 4) is 0 Å². The van der Waals surface area contributed by atoms with Crippen LogP contribution in [0.2, 0.25) is 0 Å². The van der Waals surface area contributed by atoms with Gasteiger partial charge in [-0.3, -0.25) is 15.0 Å². The second-order valence-corrected chi connectivity index (χ2v) is 18.3. The van der Waals surface area contributed by atoms with E-state index in [0.717, 1.165) is 0 Å². The van der Waals surface area contributed by atoms with Gasteiger partial charge in [-0.2, -0.15) is 0 Å². The van der Waals surface area contributed by atoms with Crippen molar-refractivity contribution < 1.29 is 47.7 Å². The Morgan fingerprint density at radius 1 is 1.04 bits per heavy atom. The fourth-order valence-electron chi connectivity index (χ4n) is 12.9. The SMILES string of the molecule is CCN1C[C@]2(OC(=O)c3ccccc3CS(=O)(=O)Cc3ccc([N+](=O)[O-])cc3)CC[C@H](CO)[C@]34C1[C@H](CC23)[C@@]1(O)C[C@H](OC)[C@H]2CC4[C@]1(O)[C@H]2OC. The largest absolute Gasteiger partial charge is 0.454 e. The molecule has 0 radical (unpaired) electrons. The number of nitro groups is 1. The Bertz CT molecular complexity index is 1880. The lowest BCUT2D eigenvalue weighted by Gasteiger charge is -2.71. The second kappa shape index (κ2) is 12.3. The first-order valence-corrected chi connectivity index (χ1v) is 20.2. The number of likely N-dealkylation sites (tertiary alicyclic amines) is 1. The number of sulfone groups is 1. The standard InChI is InChI=1S/C38H48N2O11S/c1-4-39-21-35(51-34(42)26-8-6-5-7-23(26)20-52(47,48)19-22-9-11-25(12-10-22)40(45)46)14-13-24(18-41)37-30(35)16-28(32(37)39)36(43)17-29(49-2)27-15-31(37)38(36,44)33(27)50-3/h5-12,24,27-33,41,43-44H,4,13-21H2,1-3H3/t24-,27-,28+,29+,30?,31?,32?,33+,35-,36+,37+,38+/m1/s1. The van der Waals surface area contributed by atoms with Crippen LogP contribution in [0.4, 0.5) is 5.69 Å². The highest BCUT2D eigenvalue weighted by Gasteiger charge is 2.88. The average Bonchev–Trinajstić information content (AvgIpc) is 3.54. The molecule has 2 aromatic carbocycles. The number of hydrogen-bond acceptors (Lipinski definition) is 12. The topological polar surface area (TPSA) is 186 Å². The van der Waals surface area contributed by atoms with Gasteiger partial charge in [-0.05, 0) is 55.3 Å². The van der Waals surface area contributed by atoms with Crippen LogP contribution in [0.25, 0.3) is 0 Å². The molecule has 8 rings (SSSR count). The predicted octanol–water partition coefficient (Wildman–Crippen LogP) is 2.88. The molecule has 1 aliphatic heterocycles. The van der Waals surface area contributed by atoms with Crippen LogP contribution in [-0.4, -0.2) is 108 Å². The van der Waals surface area contributed by atoms with Crippen molar-refractivity contribution in [2.45, 2.75) is 85.6 Å². The van der Waals surface area contributed by atoms with Crippen molar-refractivity contribution in [2.75, 3.05) is 33.9 Å². The lowest BCUT2D eigenvalue weighted by Crippen LogP contribution is -2.82. The van der Waals surface area contributed by atoms with Crippen LogP contribution in [0.3, 0.4) is 0 Å². The van der Waals surface area contributed by atoms with Crippen molar-refractivity contribution in [1.82, 2.24) is 4.90 Å². The van der Waals surface area contributed by atoms with Gasteiger partial charge in [0, 0.05) is 81.1 Å². The van der Waals surface area contributed by atoms with E-state index in [-0.39, 0.29) is 59.9 Å². The molecule has 1 saturated heterocycles. The van der Waals surface area contributed by atoms with Gasteiger partial charge in [0.2, 0.25) is 0 Å². The number of aliphatic hydroxyl groups excluding tert-OH is 1. The van der Waals surface area contributed by atoms with E-state index >= 15 is 0 Å². The number of non-ortho nitro benzene ring substituents is 1. The van der Waals surface area contributed by atoms with E-state index in [0.29, 0.717) is 49.9 Å². The van der Waals surface area contributed by atoms with Gasteiger partial charge in [0.05, 0.1) is 34.2 Å². The number of hydrogen-bond donors (Lipinski definition) is 3. The van der Waals surface area contributed by atoms with Crippen LogP contribution in [0.15, 0.2) is 48.5 Å². The Hall–Kier alpha value is -2.98. The van der Waals surface area contributed by atoms with Crippen LogP contribution < -0.4 is 0 Å². The highest BCUT2D eigenvalue weighted by atomic mass is 32.2. The number of ether oxygens (including phenoxy) is 3. The number of fused-ring (bicyclic) bond motifs is 2. The number of piperidine rings is 1. The van der Waals surface area contributed by atoms with Gasteiger partial charge in [0.1, 0.15) is 16.8 Å². The molecular weight excluding hydrogens is 692 g/mol. The van der Waals surface area contributed by atoms with E-state index in [4.69, 9.17) is 14.2 Å². The summed E-state index contributed by atoms with van der Waals surface area (Å²) in [6.45, 7) is 2.98. The number of benzene rings is 2. The van der Waals surface area contributed by atoms with E-state index in [1.54, 1.807) is 38.5 Å². The smallest absolute Gasteiger partial charge is 0.339 e. The Labute approximate surface area is 303 Å². The monoisotopic (exact) mass is 740 g/mol. The minimum absolute atomic E-state index is 0.0994. The Morgan fingerprint density at radius 3 is 2.42 bits per heavy atom. The van der Waals surface area contributed by atoms with Crippen LogP contribution >= 0.6 is 0 Å². The van der Waals surface area contributed by atoms with Crippen molar-refractivity contribution in [1.29, 1.82) is 0 Å². The van der Waals surface area contributed by atoms with Crippen molar-refractivity contribution in [3.05, 3.63) is 75.3 Å². The molecule has 52 heavy (non-hydrogen) atoms. The number of rotatable bonds is 11. The second-order valence-electron chi connectivity index (χ2n) is 16.2. The molecule has 6 fully saturated rings. The number of methoxy groups -OCH3 is 2. The molecule has 282 valence electrons. The molecule has 5 aliphatic carbocycles. The third-order valence-corrected chi connectivity index (χ3v) is 16.0. The van der Waals surface area contributed by atoms with Crippen LogP contribution in [-0.2, 0) is 35.6 Å². The summed E-state index contributed by atoms with van der Waals surface area (Å²) in [4.78, 5) is 27.3. The van der Waals surface area contributed by atoms with Gasteiger partial charge >= 0.3 is 5.97 Å². The minimum Gasteiger partial charge on any atom is -0.454 e. The Morgan fingerprint density at radius 2 is 1.77 bits per heavy atom. The molecule has 0 aromatic heterocycles. The Kier molecular flexibility index (Phi) is 8.50. The first-order valence-electron chi connectivity index (χ1n) is 18.3. The lowest BCUT2D eigenvalue weighted by molar-refractivity contribution is -0.384.